The third-order valence-electron chi connectivity index (χ3n) is 4.61. The number of aliphatic hydroxyl groups excluding tert-OH is 1. The first-order valence-corrected chi connectivity index (χ1v) is 8.88. The highest BCUT2D eigenvalue weighted by Crippen LogP contribution is 2.23. The highest BCUT2D eigenvalue weighted by Gasteiger charge is 2.23. The lowest BCUT2D eigenvalue weighted by Gasteiger charge is -2.33. The van der Waals surface area contributed by atoms with Crippen LogP contribution in [0.4, 0.5) is 0 Å². The molecule has 0 aromatic carbocycles. The number of aromatic nitrogens is 2. The van der Waals surface area contributed by atoms with Crippen LogP contribution in [0.5, 0.6) is 0 Å². The summed E-state index contributed by atoms with van der Waals surface area (Å²) in [6, 6.07) is 0.409. The van der Waals surface area contributed by atoms with Crippen molar-refractivity contribution in [2.24, 2.45) is 0 Å². The SMILES string of the molecule is OC(COCC1CCCO1)CN1CCC(n2cc(Cl)cn2)CC1. The summed E-state index contributed by atoms with van der Waals surface area (Å²) in [4.78, 5) is 2.29. The summed E-state index contributed by atoms with van der Waals surface area (Å²) in [5, 5.41) is 15.1. The Morgan fingerprint density at radius 3 is 2.87 bits per heavy atom. The minimum absolute atomic E-state index is 0.221. The van der Waals surface area contributed by atoms with Crippen LogP contribution >= 0.6 is 11.6 Å². The topological polar surface area (TPSA) is 59.8 Å². The Morgan fingerprint density at radius 2 is 2.22 bits per heavy atom. The van der Waals surface area contributed by atoms with Crippen LogP contribution in [0.3, 0.4) is 0 Å². The van der Waals surface area contributed by atoms with Gasteiger partial charge < -0.3 is 19.5 Å². The van der Waals surface area contributed by atoms with E-state index < -0.39 is 6.10 Å². The molecule has 7 heteroatoms. The van der Waals surface area contributed by atoms with E-state index in [1.807, 2.05) is 10.9 Å². The molecule has 2 aliphatic rings. The monoisotopic (exact) mass is 343 g/mol. The lowest BCUT2D eigenvalue weighted by Crippen LogP contribution is -2.41. The van der Waals surface area contributed by atoms with Gasteiger partial charge in [-0.05, 0) is 25.7 Å². The molecule has 0 amide bonds. The van der Waals surface area contributed by atoms with Crippen LogP contribution in [0.25, 0.3) is 0 Å². The summed E-state index contributed by atoms with van der Waals surface area (Å²) in [6.07, 6.45) is 7.60. The second-order valence-electron chi connectivity index (χ2n) is 6.50. The lowest BCUT2D eigenvalue weighted by atomic mass is 10.1. The summed E-state index contributed by atoms with van der Waals surface area (Å²) < 4.78 is 13.0. The Labute approximate surface area is 142 Å². The largest absolute Gasteiger partial charge is 0.389 e. The van der Waals surface area contributed by atoms with Gasteiger partial charge in [-0.15, -0.1) is 0 Å². The number of hydrogen-bond acceptors (Lipinski definition) is 5. The molecule has 130 valence electrons. The van der Waals surface area contributed by atoms with Gasteiger partial charge in [0.05, 0.1) is 42.7 Å². The van der Waals surface area contributed by atoms with Crippen LogP contribution in [-0.2, 0) is 9.47 Å². The van der Waals surface area contributed by atoms with Crippen molar-refractivity contribution in [1.82, 2.24) is 14.7 Å². The summed E-state index contributed by atoms with van der Waals surface area (Å²) in [6.45, 7) is 4.41. The first-order chi connectivity index (χ1) is 11.2. The number of aliphatic hydroxyl groups is 1. The molecule has 1 N–H and O–H groups in total. The van der Waals surface area contributed by atoms with E-state index in [1.165, 1.54) is 0 Å². The fourth-order valence-corrected chi connectivity index (χ4v) is 3.49. The van der Waals surface area contributed by atoms with E-state index in [1.54, 1.807) is 6.20 Å². The summed E-state index contributed by atoms with van der Waals surface area (Å²) in [5.41, 5.74) is 0. The number of nitrogens with zero attached hydrogens (tertiary/aromatic N) is 3. The number of ether oxygens (including phenoxy) is 2. The van der Waals surface area contributed by atoms with E-state index in [0.29, 0.717) is 30.8 Å². The third-order valence-corrected chi connectivity index (χ3v) is 4.80. The van der Waals surface area contributed by atoms with Gasteiger partial charge in [0.25, 0.3) is 0 Å². The van der Waals surface area contributed by atoms with Crippen LogP contribution in [-0.4, -0.2) is 71.4 Å². The maximum absolute atomic E-state index is 10.1. The van der Waals surface area contributed by atoms with Crippen LogP contribution in [0.2, 0.25) is 5.02 Å². The summed E-state index contributed by atoms with van der Waals surface area (Å²) >= 11 is 5.92. The van der Waals surface area contributed by atoms with E-state index >= 15 is 0 Å². The zero-order valence-electron chi connectivity index (χ0n) is 13.4. The molecule has 0 bridgehead atoms. The number of rotatable bonds is 7. The number of hydrogen-bond donors (Lipinski definition) is 1. The Bertz CT molecular complexity index is 471. The highest BCUT2D eigenvalue weighted by atomic mass is 35.5. The summed E-state index contributed by atoms with van der Waals surface area (Å²) in [5.74, 6) is 0. The average Bonchev–Trinajstić information content (AvgIpc) is 3.20. The molecule has 2 aliphatic heterocycles. The van der Waals surface area contributed by atoms with Crippen molar-refractivity contribution >= 4 is 11.6 Å². The first-order valence-electron chi connectivity index (χ1n) is 8.50. The van der Waals surface area contributed by atoms with Gasteiger partial charge in [-0.2, -0.15) is 5.10 Å². The molecule has 1 aromatic heterocycles. The van der Waals surface area contributed by atoms with Gasteiger partial charge in [0, 0.05) is 32.4 Å². The zero-order chi connectivity index (χ0) is 16.1. The molecule has 0 aliphatic carbocycles. The van der Waals surface area contributed by atoms with Gasteiger partial charge in [-0.1, -0.05) is 11.6 Å². The van der Waals surface area contributed by atoms with Gasteiger partial charge in [0.15, 0.2) is 0 Å². The smallest absolute Gasteiger partial charge is 0.0900 e. The van der Waals surface area contributed by atoms with Crippen molar-refractivity contribution in [3.05, 3.63) is 17.4 Å². The molecule has 3 heterocycles. The number of β-amino-alcohol motifs (C(OH)–C–C–N with tert-alkyl or cyclic N) is 1. The van der Waals surface area contributed by atoms with Crippen molar-refractivity contribution < 1.29 is 14.6 Å². The van der Waals surface area contributed by atoms with Gasteiger partial charge in [-0.25, -0.2) is 0 Å². The second-order valence-corrected chi connectivity index (χ2v) is 6.93. The molecule has 23 heavy (non-hydrogen) atoms. The van der Waals surface area contributed by atoms with Crippen molar-refractivity contribution in [3.63, 3.8) is 0 Å². The molecule has 2 fully saturated rings. The fourth-order valence-electron chi connectivity index (χ4n) is 3.34. The van der Waals surface area contributed by atoms with E-state index in [9.17, 15) is 5.11 Å². The molecule has 1 aromatic rings. The summed E-state index contributed by atoms with van der Waals surface area (Å²) in [7, 11) is 0. The minimum Gasteiger partial charge on any atom is -0.389 e. The maximum Gasteiger partial charge on any atom is 0.0900 e. The molecular formula is C16H26ClN3O3. The van der Waals surface area contributed by atoms with Crippen LogP contribution in [0, 0.1) is 0 Å². The van der Waals surface area contributed by atoms with Crippen molar-refractivity contribution in [3.8, 4) is 0 Å². The molecule has 0 radical (unpaired) electrons. The van der Waals surface area contributed by atoms with Gasteiger partial charge in [0.1, 0.15) is 0 Å². The van der Waals surface area contributed by atoms with Gasteiger partial charge in [0.2, 0.25) is 0 Å². The van der Waals surface area contributed by atoms with E-state index in [4.69, 9.17) is 21.1 Å². The molecule has 2 atom stereocenters. The second kappa shape index (κ2) is 8.44. The predicted octanol–water partition coefficient (Wildman–Crippen LogP) is 1.73. The Kier molecular flexibility index (Phi) is 6.30. The van der Waals surface area contributed by atoms with Crippen LogP contribution in [0.15, 0.2) is 12.4 Å². The molecule has 0 spiro atoms. The quantitative estimate of drug-likeness (QED) is 0.817. The van der Waals surface area contributed by atoms with Crippen molar-refractivity contribution in [1.29, 1.82) is 0 Å². The van der Waals surface area contributed by atoms with Crippen LogP contribution in [0.1, 0.15) is 31.7 Å². The lowest BCUT2D eigenvalue weighted by molar-refractivity contribution is -0.0273. The number of halogens is 1. The standard InChI is InChI=1S/C16H26ClN3O3/c17-13-8-18-20(9-13)14-3-5-19(6-4-14)10-15(21)11-22-12-16-2-1-7-23-16/h8-9,14-16,21H,1-7,10-12H2. The van der Waals surface area contributed by atoms with E-state index in [2.05, 4.69) is 10.00 Å². The molecule has 3 rings (SSSR count). The van der Waals surface area contributed by atoms with E-state index in [-0.39, 0.29) is 6.10 Å². The predicted molar refractivity (Wildman–Crippen MR) is 87.7 cm³/mol. The molecule has 2 saturated heterocycles. The number of likely N-dealkylation sites (tertiary alicyclic amines) is 1. The zero-order valence-corrected chi connectivity index (χ0v) is 14.2. The molecular weight excluding hydrogens is 318 g/mol. The Hall–Kier alpha value is -0.660. The first kappa shape index (κ1) is 17.2. The van der Waals surface area contributed by atoms with Crippen molar-refractivity contribution in [2.45, 2.75) is 43.9 Å². The molecule has 2 unspecified atom stereocenters. The Balaban J connectivity index is 1.31. The molecule has 0 saturated carbocycles. The fraction of sp³-hybridized carbons (Fsp3) is 0.812. The average molecular weight is 344 g/mol. The van der Waals surface area contributed by atoms with E-state index in [0.717, 1.165) is 45.4 Å². The van der Waals surface area contributed by atoms with Gasteiger partial charge in [-0.3, -0.25) is 4.68 Å². The third kappa shape index (κ3) is 5.16. The normalized spacial score (nSPS) is 25.0. The molecule has 6 nitrogen and oxygen atoms in total. The minimum atomic E-state index is -0.438. The van der Waals surface area contributed by atoms with Crippen molar-refractivity contribution in [2.75, 3.05) is 39.5 Å². The maximum atomic E-state index is 10.1. The Morgan fingerprint density at radius 1 is 1.39 bits per heavy atom. The highest BCUT2D eigenvalue weighted by molar-refractivity contribution is 6.30. The number of piperidine rings is 1. The van der Waals surface area contributed by atoms with Crippen LogP contribution < -0.4 is 0 Å². The van der Waals surface area contributed by atoms with Gasteiger partial charge >= 0.3 is 0 Å².